The highest BCUT2D eigenvalue weighted by Gasteiger charge is 2.38. The van der Waals surface area contributed by atoms with Gasteiger partial charge in [0.2, 0.25) is 0 Å². The monoisotopic (exact) mass is 477 g/mol. The molecule has 2 N–H and O–H groups in total. The fourth-order valence-corrected chi connectivity index (χ4v) is 2.85. The average Bonchev–Trinajstić information content (AvgIpc) is 3.18. The van der Waals surface area contributed by atoms with Crippen molar-refractivity contribution in [2.75, 3.05) is 27.2 Å². The van der Waals surface area contributed by atoms with Crippen LogP contribution in [0.25, 0.3) is 22.5 Å². The maximum atomic E-state index is 12.4. The maximum Gasteiger partial charge on any atom is 0.490 e. The number of rotatable bonds is 7. The fourth-order valence-electron chi connectivity index (χ4n) is 2.85. The number of nitrogens with one attached hydrogen (secondary N) is 1. The molecule has 0 saturated heterocycles. The van der Waals surface area contributed by atoms with E-state index in [1.807, 2.05) is 68.3 Å². The highest BCUT2D eigenvalue weighted by molar-refractivity contribution is 5.94. The fraction of sp³-hybridized carbons (Fsp3) is 0.304. The van der Waals surface area contributed by atoms with Gasteiger partial charge in [0.15, 0.2) is 5.82 Å². The zero-order chi connectivity index (χ0) is 25.3. The van der Waals surface area contributed by atoms with Crippen molar-refractivity contribution in [1.82, 2.24) is 24.8 Å². The number of carbonyl (C=O) groups excluding carboxylic acids is 1. The van der Waals surface area contributed by atoms with Gasteiger partial charge in [0, 0.05) is 48.9 Å². The number of hydrogen-bond acceptors (Lipinski definition) is 5. The molecule has 34 heavy (non-hydrogen) atoms. The molecule has 11 heteroatoms. The number of halogens is 3. The molecular formula is C23H26F3N5O3. The van der Waals surface area contributed by atoms with Gasteiger partial charge in [-0.1, -0.05) is 30.3 Å². The van der Waals surface area contributed by atoms with E-state index in [9.17, 15) is 18.0 Å². The van der Waals surface area contributed by atoms with Crippen LogP contribution < -0.4 is 5.32 Å². The molecule has 0 aliphatic heterocycles. The van der Waals surface area contributed by atoms with Crippen molar-refractivity contribution in [3.63, 3.8) is 0 Å². The summed E-state index contributed by atoms with van der Waals surface area (Å²) >= 11 is 0. The molecule has 3 aromatic rings. The summed E-state index contributed by atoms with van der Waals surface area (Å²) < 4.78 is 33.6. The predicted octanol–water partition coefficient (Wildman–Crippen LogP) is 3.46. The van der Waals surface area contributed by atoms with Crippen LogP contribution in [0.5, 0.6) is 0 Å². The summed E-state index contributed by atoms with van der Waals surface area (Å²) in [5, 5.41) is 10.1. The van der Waals surface area contributed by atoms with Crippen molar-refractivity contribution in [2.45, 2.75) is 12.6 Å². The van der Waals surface area contributed by atoms with Crippen LogP contribution in [0.2, 0.25) is 0 Å². The third kappa shape index (κ3) is 8.00. The Morgan fingerprint density at radius 1 is 1.06 bits per heavy atom. The number of amides is 1. The van der Waals surface area contributed by atoms with Crippen molar-refractivity contribution in [1.29, 1.82) is 0 Å². The summed E-state index contributed by atoms with van der Waals surface area (Å²) in [5.74, 6) is -2.13. The van der Waals surface area contributed by atoms with E-state index >= 15 is 0 Å². The lowest BCUT2D eigenvalue weighted by atomic mass is 10.1. The lowest BCUT2D eigenvalue weighted by molar-refractivity contribution is -0.192. The number of carboxylic acids is 1. The first-order chi connectivity index (χ1) is 16.0. The number of aromatic nitrogens is 3. The highest BCUT2D eigenvalue weighted by Crippen LogP contribution is 2.22. The minimum absolute atomic E-state index is 0.0654. The molecule has 1 amide bonds. The van der Waals surface area contributed by atoms with Gasteiger partial charge in [0.05, 0.1) is 0 Å². The Morgan fingerprint density at radius 3 is 2.18 bits per heavy atom. The van der Waals surface area contributed by atoms with E-state index < -0.39 is 12.1 Å². The third-order valence-electron chi connectivity index (χ3n) is 4.56. The van der Waals surface area contributed by atoms with E-state index in [0.29, 0.717) is 18.1 Å². The number of benzene rings is 1. The number of carbonyl (C=O) groups is 2. The predicted molar refractivity (Wildman–Crippen MR) is 121 cm³/mol. The second-order valence-corrected chi connectivity index (χ2v) is 7.60. The van der Waals surface area contributed by atoms with Crippen LogP contribution in [-0.2, 0) is 11.8 Å². The molecule has 1 aromatic carbocycles. The largest absolute Gasteiger partial charge is 0.490 e. The Kier molecular flexibility index (Phi) is 9.31. The number of alkyl halides is 3. The quantitative estimate of drug-likeness (QED) is 0.506. The second kappa shape index (κ2) is 11.9. The van der Waals surface area contributed by atoms with Crippen LogP contribution >= 0.6 is 0 Å². The van der Waals surface area contributed by atoms with Gasteiger partial charge in [-0.15, -0.1) is 0 Å². The van der Waals surface area contributed by atoms with Crippen LogP contribution in [0.1, 0.15) is 16.9 Å². The van der Waals surface area contributed by atoms with E-state index in [1.165, 1.54) is 0 Å². The van der Waals surface area contributed by atoms with E-state index in [2.05, 4.69) is 20.2 Å². The standard InChI is InChI=1S/C21H25N5O.C2HF3O2/c1-25(2)11-7-10-22-21(27)19-12-17(15-26(19)3)18-13-23-20(24-14-18)16-8-5-4-6-9-16;3-2(4,5)1(6)7/h4-6,8-9,12-15H,7,10-11H2,1-3H3,(H,22,27);(H,6,7). The van der Waals surface area contributed by atoms with Gasteiger partial charge in [-0.2, -0.15) is 13.2 Å². The summed E-state index contributed by atoms with van der Waals surface area (Å²) in [6.45, 7) is 1.61. The molecule has 2 heterocycles. The summed E-state index contributed by atoms with van der Waals surface area (Å²) in [7, 11) is 5.92. The van der Waals surface area contributed by atoms with E-state index in [0.717, 1.165) is 29.7 Å². The zero-order valence-electron chi connectivity index (χ0n) is 19.0. The van der Waals surface area contributed by atoms with Crippen LogP contribution in [-0.4, -0.2) is 69.8 Å². The molecule has 0 atom stereocenters. The molecule has 0 bridgehead atoms. The Balaban J connectivity index is 0.000000509. The highest BCUT2D eigenvalue weighted by atomic mass is 19.4. The van der Waals surface area contributed by atoms with E-state index in [-0.39, 0.29) is 5.91 Å². The Bertz CT molecular complexity index is 1080. The van der Waals surface area contributed by atoms with Crippen molar-refractivity contribution in [2.24, 2.45) is 7.05 Å². The molecule has 182 valence electrons. The lowest BCUT2D eigenvalue weighted by Gasteiger charge is -2.10. The van der Waals surface area contributed by atoms with Gasteiger partial charge in [-0.3, -0.25) is 4.79 Å². The molecule has 0 spiro atoms. The zero-order valence-corrected chi connectivity index (χ0v) is 19.0. The lowest BCUT2D eigenvalue weighted by Crippen LogP contribution is -2.28. The smallest absolute Gasteiger partial charge is 0.475 e. The number of aliphatic carboxylic acids is 1. The Labute approximate surface area is 195 Å². The first-order valence-corrected chi connectivity index (χ1v) is 10.3. The van der Waals surface area contributed by atoms with Crippen molar-refractivity contribution >= 4 is 11.9 Å². The number of hydrogen-bond donors (Lipinski definition) is 2. The molecular weight excluding hydrogens is 451 g/mol. The average molecular weight is 477 g/mol. The van der Waals surface area contributed by atoms with E-state index in [1.54, 1.807) is 12.4 Å². The summed E-state index contributed by atoms with van der Waals surface area (Å²) in [6, 6.07) is 11.7. The van der Waals surface area contributed by atoms with Gasteiger partial charge in [-0.25, -0.2) is 14.8 Å². The SMILES string of the molecule is CN(C)CCCNC(=O)c1cc(-c2cnc(-c3ccccc3)nc2)cn1C.O=C(O)C(F)(F)F. The molecule has 0 fully saturated rings. The molecule has 0 unspecified atom stereocenters. The van der Waals surface area contributed by atoms with Gasteiger partial charge < -0.3 is 19.9 Å². The number of carboxylic acid groups (broad SMARTS) is 1. The van der Waals surface area contributed by atoms with Crippen molar-refractivity contribution in [3.8, 4) is 22.5 Å². The van der Waals surface area contributed by atoms with Crippen molar-refractivity contribution < 1.29 is 27.9 Å². The molecule has 2 aromatic heterocycles. The van der Waals surface area contributed by atoms with Crippen molar-refractivity contribution in [3.05, 3.63) is 60.7 Å². The molecule has 0 aliphatic carbocycles. The maximum absolute atomic E-state index is 12.4. The minimum atomic E-state index is -5.08. The van der Waals surface area contributed by atoms with E-state index in [4.69, 9.17) is 9.90 Å². The molecule has 0 aliphatic rings. The number of aryl methyl sites for hydroxylation is 1. The minimum Gasteiger partial charge on any atom is -0.475 e. The second-order valence-electron chi connectivity index (χ2n) is 7.60. The van der Waals surface area contributed by atoms with Gasteiger partial charge in [0.1, 0.15) is 5.69 Å². The molecule has 0 radical (unpaired) electrons. The number of nitrogens with zero attached hydrogens (tertiary/aromatic N) is 4. The van der Waals surface area contributed by atoms with Gasteiger partial charge in [0.25, 0.3) is 5.91 Å². The van der Waals surface area contributed by atoms with Crippen LogP contribution in [0, 0.1) is 0 Å². The summed E-state index contributed by atoms with van der Waals surface area (Å²) in [4.78, 5) is 32.3. The molecule has 0 saturated carbocycles. The Hall–Kier alpha value is -3.73. The van der Waals surface area contributed by atoms with Crippen LogP contribution in [0.4, 0.5) is 13.2 Å². The summed E-state index contributed by atoms with van der Waals surface area (Å²) in [5.41, 5.74) is 3.42. The summed E-state index contributed by atoms with van der Waals surface area (Å²) in [6.07, 6.45) is 1.35. The molecule has 8 nitrogen and oxygen atoms in total. The topological polar surface area (TPSA) is 100 Å². The Morgan fingerprint density at radius 2 is 1.65 bits per heavy atom. The first kappa shape index (κ1) is 26.5. The molecule has 3 rings (SSSR count). The van der Waals surface area contributed by atoms with Crippen LogP contribution in [0.15, 0.2) is 55.0 Å². The first-order valence-electron chi connectivity index (χ1n) is 10.3. The third-order valence-corrected chi connectivity index (χ3v) is 4.56. The van der Waals surface area contributed by atoms with Gasteiger partial charge >= 0.3 is 12.1 Å². The normalized spacial score (nSPS) is 11.0. The van der Waals surface area contributed by atoms with Gasteiger partial charge in [-0.05, 0) is 33.1 Å². The van der Waals surface area contributed by atoms with Crippen LogP contribution in [0.3, 0.4) is 0 Å².